The largest absolute Gasteiger partial charge is 0.494 e. The molecule has 20 nitrogen and oxygen atoms in total. The number of benzene rings is 1. The molecule has 1 aliphatic carbocycles. The molecule has 3 aliphatic heterocycles. The van der Waals surface area contributed by atoms with Crippen molar-refractivity contribution >= 4 is 46.5 Å². The summed E-state index contributed by atoms with van der Waals surface area (Å²) in [5.74, 6) is -2.78. The molecule has 1 aromatic carbocycles. The van der Waals surface area contributed by atoms with Crippen molar-refractivity contribution in [2.75, 3.05) is 124 Å². The van der Waals surface area contributed by atoms with Gasteiger partial charge in [-0.05, 0) is 49.4 Å². The predicted octanol–water partition coefficient (Wildman–Crippen LogP) is -1.13. The fourth-order valence-electron chi connectivity index (χ4n) is 8.46. The van der Waals surface area contributed by atoms with Crippen LogP contribution in [0.1, 0.15) is 29.6 Å². The number of carboxylic acids is 3. The van der Waals surface area contributed by atoms with Crippen LogP contribution in [0, 0.1) is 17.2 Å². The number of amides is 3. The number of carbonyl (C=O) groups excluding carboxylic acids is 3. The zero-order valence-corrected chi connectivity index (χ0v) is 34.4. The lowest BCUT2D eigenvalue weighted by Crippen LogP contribution is -2.53. The fourth-order valence-corrected chi connectivity index (χ4v) is 8.46. The summed E-state index contributed by atoms with van der Waals surface area (Å²) in [6.07, 6.45) is 3.87. The molecular weight excluding hydrogens is 793 g/mol. The van der Waals surface area contributed by atoms with Gasteiger partial charge >= 0.3 is 17.9 Å². The van der Waals surface area contributed by atoms with Gasteiger partial charge in [-0.15, -0.1) is 0 Å². The number of aromatic nitrogens is 1. The second-order valence-corrected chi connectivity index (χ2v) is 16.2. The SMILES string of the molecule is N#C[C@@H]1C[C@@H]2C[C@@H]2N1C(=O)CNC(=O)c1ccnc2ccc(OCCCN3CCN(C(=O)CN4CCN(CC(=O)O)CCN(CC(=O)O)CCN(CC(=O)O)CC4)CC3)cc12. The summed E-state index contributed by atoms with van der Waals surface area (Å²) in [5.41, 5.74) is 0.978. The van der Waals surface area contributed by atoms with E-state index in [1.807, 2.05) is 9.80 Å². The first-order valence-electron chi connectivity index (χ1n) is 20.9. The second-order valence-electron chi connectivity index (χ2n) is 16.2. The molecule has 330 valence electrons. The van der Waals surface area contributed by atoms with Crippen LogP contribution < -0.4 is 10.1 Å². The van der Waals surface area contributed by atoms with E-state index in [9.17, 15) is 49.3 Å². The lowest BCUT2D eigenvalue weighted by Gasteiger charge is -2.37. The van der Waals surface area contributed by atoms with Crippen LogP contribution >= 0.6 is 0 Å². The zero-order valence-electron chi connectivity index (χ0n) is 34.4. The molecule has 20 heteroatoms. The molecule has 2 aromatic rings. The fraction of sp³-hybridized carbons (Fsp3) is 0.610. The maximum absolute atomic E-state index is 13.6. The topological polar surface area (TPSA) is 244 Å². The number of aliphatic carboxylic acids is 3. The Morgan fingerprint density at radius 2 is 1.28 bits per heavy atom. The van der Waals surface area contributed by atoms with E-state index in [4.69, 9.17) is 4.74 Å². The lowest BCUT2D eigenvalue weighted by molar-refractivity contribution is -0.141. The molecule has 0 radical (unpaired) electrons. The highest BCUT2D eigenvalue weighted by atomic mass is 16.5. The molecule has 4 heterocycles. The van der Waals surface area contributed by atoms with Gasteiger partial charge in [0.15, 0.2) is 0 Å². The molecule has 4 aliphatic rings. The lowest BCUT2D eigenvalue weighted by atomic mass is 10.1. The van der Waals surface area contributed by atoms with Gasteiger partial charge in [0.1, 0.15) is 11.8 Å². The van der Waals surface area contributed by atoms with Gasteiger partial charge in [-0.3, -0.25) is 58.3 Å². The molecular formula is C41H56N10O10. The van der Waals surface area contributed by atoms with E-state index in [1.165, 1.54) is 0 Å². The van der Waals surface area contributed by atoms with Crippen LogP contribution in [-0.2, 0) is 24.0 Å². The number of hydrogen-bond acceptors (Lipinski definition) is 14. The third-order valence-electron chi connectivity index (χ3n) is 11.9. The minimum absolute atomic E-state index is 0.0571. The van der Waals surface area contributed by atoms with Gasteiger partial charge in [0, 0.05) is 103 Å². The molecule has 6 rings (SSSR count). The first-order chi connectivity index (χ1) is 29.4. The molecule has 4 fully saturated rings. The van der Waals surface area contributed by atoms with Crippen molar-refractivity contribution in [3.63, 3.8) is 0 Å². The molecule has 1 saturated carbocycles. The Morgan fingerprint density at radius 1 is 0.721 bits per heavy atom. The summed E-state index contributed by atoms with van der Waals surface area (Å²) in [7, 11) is 0. The van der Waals surface area contributed by atoms with E-state index in [0.29, 0.717) is 120 Å². The van der Waals surface area contributed by atoms with E-state index in [0.717, 1.165) is 19.4 Å². The molecule has 3 atom stereocenters. The average molecular weight is 849 g/mol. The van der Waals surface area contributed by atoms with Crippen LogP contribution in [0.3, 0.4) is 0 Å². The normalized spacial score (nSPS) is 22.4. The standard InChI is InChI=1S/C41H56N10O10/c42-23-30-20-29-21-35(29)51(30)36(52)24-44-41(60)32-4-5-43-34-3-2-31(22-33(32)34)61-19-1-6-45-15-17-50(18-16-45)37(53)25-46-7-9-47(26-38(54)55)11-13-49(28-40(58)59)14-12-48(10-8-46)27-39(56)57/h2-5,22,29-30,35H,1,6-21,24-28H2,(H,44,60)(H,54,55)(H,56,57)(H,58,59)/t29-,30+,35+/m1/s1. The van der Waals surface area contributed by atoms with Crippen LogP contribution in [0.2, 0.25) is 0 Å². The zero-order chi connectivity index (χ0) is 43.5. The van der Waals surface area contributed by atoms with Crippen LogP contribution in [0.4, 0.5) is 0 Å². The van der Waals surface area contributed by atoms with Crippen LogP contribution in [0.5, 0.6) is 5.75 Å². The highest BCUT2D eigenvalue weighted by Gasteiger charge is 2.54. The van der Waals surface area contributed by atoms with Gasteiger partial charge in [-0.2, -0.15) is 5.26 Å². The van der Waals surface area contributed by atoms with Gasteiger partial charge in [0.2, 0.25) is 11.8 Å². The maximum Gasteiger partial charge on any atom is 0.317 e. The van der Waals surface area contributed by atoms with Crippen LogP contribution in [0.15, 0.2) is 30.5 Å². The Balaban J connectivity index is 0.948. The maximum atomic E-state index is 13.6. The summed E-state index contributed by atoms with van der Waals surface area (Å²) >= 11 is 0. The van der Waals surface area contributed by atoms with Crippen molar-refractivity contribution in [2.24, 2.45) is 5.92 Å². The van der Waals surface area contributed by atoms with E-state index < -0.39 is 29.9 Å². The third kappa shape index (κ3) is 13.0. The summed E-state index contributed by atoms with van der Waals surface area (Å²) < 4.78 is 6.07. The Kier molecular flexibility index (Phi) is 15.8. The Labute approximate surface area is 354 Å². The molecule has 0 spiro atoms. The average Bonchev–Trinajstić information content (AvgIpc) is 3.89. The summed E-state index contributed by atoms with van der Waals surface area (Å²) in [6, 6.07) is 8.83. The molecule has 3 amide bonds. The highest BCUT2D eigenvalue weighted by molar-refractivity contribution is 6.07. The smallest absolute Gasteiger partial charge is 0.317 e. The minimum atomic E-state index is -1.02. The van der Waals surface area contributed by atoms with Crippen molar-refractivity contribution in [1.82, 2.24) is 44.6 Å². The first kappa shape index (κ1) is 45.1. The first-order valence-corrected chi connectivity index (χ1v) is 20.9. The van der Waals surface area contributed by atoms with Crippen molar-refractivity contribution in [3.8, 4) is 11.8 Å². The van der Waals surface area contributed by atoms with Crippen molar-refractivity contribution in [3.05, 3.63) is 36.0 Å². The quantitative estimate of drug-likeness (QED) is 0.146. The number of carbonyl (C=O) groups is 6. The second kappa shape index (κ2) is 21.4. The Bertz CT molecular complexity index is 1920. The molecule has 1 aromatic heterocycles. The van der Waals surface area contributed by atoms with Crippen molar-refractivity contribution < 1.29 is 48.8 Å². The van der Waals surface area contributed by atoms with E-state index in [-0.39, 0.29) is 50.6 Å². The predicted molar refractivity (Wildman–Crippen MR) is 219 cm³/mol. The number of likely N-dealkylation sites (tertiary alicyclic amines) is 1. The van der Waals surface area contributed by atoms with E-state index in [1.54, 1.807) is 50.1 Å². The van der Waals surface area contributed by atoms with Gasteiger partial charge in [-0.25, -0.2) is 0 Å². The number of hydrogen-bond donors (Lipinski definition) is 4. The highest BCUT2D eigenvalue weighted by Crippen LogP contribution is 2.47. The number of ether oxygens (including phenoxy) is 1. The van der Waals surface area contributed by atoms with Gasteiger partial charge in [-0.1, -0.05) is 0 Å². The number of nitrogens with zero attached hydrogens (tertiary/aromatic N) is 9. The molecule has 4 N–H and O–H groups in total. The summed E-state index contributed by atoms with van der Waals surface area (Å²) in [5, 5.41) is 41.2. The number of nitriles is 1. The van der Waals surface area contributed by atoms with Crippen LogP contribution in [-0.4, -0.2) is 227 Å². The van der Waals surface area contributed by atoms with E-state index in [2.05, 4.69) is 21.3 Å². The van der Waals surface area contributed by atoms with Crippen molar-refractivity contribution in [1.29, 1.82) is 5.26 Å². The Hall–Kier alpha value is -5.46. The number of nitrogens with one attached hydrogen (secondary N) is 1. The molecule has 61 heavy (non-hydrogen) atoms. The summed E-state index contributed by atoms with van der Waals surface area (Å²) in [6.45, 7) is 5.48. The number of fused-ring (bicyclic) bond motifs is 2. The van der Waals surface area contributed by atoms with Crippen LogP contribution in [0.25, 0.3) is 10.9 Å². The van der Waals surface area contributed by atoms with E-state index >= 15 is 0 Å². The number of pyridine rings is 1. The number of carboxylic acid groups (broad SMARTS) is 3. The van der Waals surface area contributed by atoms with Gasteiger partial charge in [0.05, 0.1) is 56.5 Å². The van der Waals surface area contributed by atoms with Crippen molar-refractivity contribution in [2.45, 2.75) is 31.3 Å². The minimum Gasteiger partial charge on any atom is -0.494 e. The molecule has 3 saturated heterocycles. The summed E-state index contributed by atoms with van der Waals surface area (Å²) in [4.78, 5) is 91.6. The van der Waals surface area contributed by atoms with Gasteiger partial charge < -0.3 is 35.2 Å². The molecule has 0 bridgehead atoms. The molecule has 0 unspecified atom stereocenters. The Morgan fingerprint density at radius 3 is 1.84 bits per heavy atom. The monoisotopic (exact) mass is 848 g/mol. The third-order valence-corrected chi connectivity index (χ3v) is 11.9. The number of piperidine rings is 1. The number of rotatable bonds is 16. The van der Waals surface area contributed by atoms with Gasteiger partial charge in [0.25, 0.3) is 5.91 Å². The number of piperazine rings is 1.